The van der Waals surface area contributed by atoms with Crippen LogP contribution in [0, 0.1) is 0 Å². The second-order valence-electron chi connectivity index (χ2n) is 3.85. The standard InChI is InChI=1S/C11H16N2O/c1-9-7-13(8-10(2)14-9)11-5-3-4-6-12-11/h3-6,9-10H,7-8H2,1-2H3/t9-,10+. The first-order valence-corrected chi connectivity index (χ1v) is 5.07. The van der Waals surface area contributed by atoms with Crippen LogP contribution in [0.5, 0.6) is 0 Å². The van der Waals surface area contributed by atoms with Crippen LogP contribution < -0.4 is 4.90 Å². The van der Waals surface area contributed by atoms with Gasteiger partial charge in [-0.1, -0.05) is 6.07 Å². The van der Waals surface area contributed by atoms with Crippen LogP contribution >= 0.6 is 0 Å². The van der Waals surface area contributed by atoms with E-state index in [-0.39, 0.29) is 0 Å². The van der Waals surface area contributed by atoms with Gasteiger partial charge in [0.05, 0.1) is 12.2 Å². The average molecular weight is 192 g/mol. The van der Waals surface area contributed by atoms with Crippen molar-refractivity contribution >= 4 is 5.82 Å². The molecule has 1 aliphatic rings. The van der Waals surface area contributed by atoms with Crippen LogP contribution in [0.25, 0.3) is 0 Å². The van der Waals surface area contributed by atoms with Crippen molar-refractivity contribution in [1.82, 2.24) is 4.98 Å². The summed E-state index contributed by atoms with van der Waals surface area (Å²) in [6.07, 6.45) is 2.42. The van der Waals surface area contributed by atoms with Gasteiger partial charge in [-0.25, -0.2) is 4.98 Å². The lowest BCUT2D eigenvalue weighted by atomic mass is 10.2. The molecule has 0 aliphatic carbocycles. The minimum atomic E-state index is 0.292. The summed E-state index contributed by atoms with van der Waals surface area (Å²) in [5.74, 6) is 1.05. The third-order valence-electron chi connectivity index (χ3n) is 2.39. The molecule has 1 aromatic heterocycles. The van der Waals surface area contributed by atoms with E-state index in [9.17, 15) is 0 Å². The van der Waals surface area contributed by atoms with Gasteiger partial charge in [-0.2, -0.15) is 0 Å². The second-order valence-corrected chi connectivity index (χ2v) is 3.85. The van der Waals surface area contributed by atoms with Gasteiger partial charge >= 0.3 is 0 Å². The number of hydrogen-bond acceptors (Lipinski definition) is 3. The van der Waals surface area contributed by atoms with E-state index >= 15 is 0 Å². The minimum absolute atomic E-state index is 0.292. The molecule has 2 rings (SSSR count). The zero-order valence-electron chi connectivity index (χ0n) is 8.68. The molecule has 0 amide bonds. The fraction of sp³-hybridized carbons (Fsp3) is 0.545. The molecule has 1 saturated heterocycles. The highest BCUT2D eigenvalue weighted by molar-refractivity contribution is 5.38. The quantitative estimate of drug-likeness (QED) is 0.677. The number of pyridine rings is 1. The van der Waals surface area contributed by atoms with Gasteiger partial charge in [-0.05, 0) is 26.0 Å². The molecule has 1 aromatic rings. The molecule has 0 unspecified atom stereocenters. The lowest BCUT2D eigenvalue weighted by Gasteiger charge is -2.35. The molecule has 3 nitrogen and oxygen atoms in total. The molecule has 0 spiro atoms. The number of ether oxygens (including phenoxy) is 1. The smallest absolute Gasteiger partial charge is 0.128 e. The molecular weight excluding hydrogens is 176 g/mol. The summed E-state index contributed by atoms with van der Waals surface area (Å²) >= 11 is 0. The molecule has 76 valence electrons. The maximum Gasteiger partial charge on any atom is 0.128 e. The molecule has 3 heteroatoms. The Morgan fingerprint density at radius 3 is 2.57 bits per heavy atom. The van der Waals surface area contributed by atoms with Crippen LogP contribution in [0.4, 0.5) is 5.82 Å². The van der Waals surface area contributed by atoms with Crippen molar-refractivity contribution in [3.05, 3.63) is 24.4 Å². The highest BCUT2D eigenvalue weighted by atomic mass is 16.5. The summed E-state index contributed by atoms with van der Waals surface area (Å²) in [5.41, 5.74) is 0. The third-order valence-corrected chi connectivity index (χ3v) is 2.39. The van der Waals surface area contributed by atoms with Crippen molar-refractivity contribution in [3.8, 4) is 0 Å². The van der Waals surface area contributed by atoms with E-state index < -0.39 is 0 Å². The van der Waals surface area contributed by atoms with Gasteiger partial charge in [-0.3, -0.25) is 0 Å². The summed E-state index contributed by atoms with van der Waals surface area (Å²) in [7, 11) is 0. The predicted octanol–water partition coefficient (Wildman–Crippen LogP) is 1.70. The molecular formula is C11H16N2O. The number of rotatable bonds is 1. The fourth-order valence-electron chi connectivity index (χ4n) is 1.91. The Kier molecular flexibility index (Phi) is 2.68. The van der Waals surface area contributed by atoms with E-state index in [0.29, 0.717) is 12.2 Å². The summed E-state index contributed by atoms with van der Waals surface area (Å²) in [5, 5.41) is 0. The highest BCUT2D eigenvalue weighted by Crippen LogP contribution is 2.17. The molecule has 0 aromatic carbocycles. The van der Waals surface area contributed by atoms with Crippen molar-refractivity contribution in [3.63, 3.8) is 0 Å². The molecule has 0 saturated carbocycles. The molecule has 1 aliphatic heterocycles. The summed E-state index contributed by atoms with van der Waals surface area (Å²) in [4.78, 5) is 6.62. The summed E-state index contributed by atoms with van der Waals surface area (Å²) in [6.45, 7) is 6.07. The normalized spacial score (nSPS) is 27.7. The van der Waals surface area contributed by atoms with Crippen molar-refractivity contribution in [2.45, 2.75) is 26.1 Å². The number of aromatic nitrogens is 1. The Bertz CT molecular complexity index is 279. The Labute approximate surface area is 84.7 Å². The van der Waals surface area contributed by atoms with Crippen LogP contribution in [0.3, 0.4) is 0 Å². The van der Waals surface area contributed by atoms with Gasteiger partial charge in [0, 0.05) is 19.3 Å². The van der Waals surface area contributed by atoms with Crippen LogP contribution in [0.2, 0.25) is 0 Å². The lowest BCUT2D eigenvalue weighted by Crippen LogP contribution is -2.45. The Morgan fingerprint density at radius 1 is 1.29 bits per heavy atom. The molecule has 0 N–H and O–H groups in total. The molecule has 14 heavy (non-hydrogen) atoms. The van der Waals surface area contributed by atoms with Gasteiger partial charge in [0.1, 0.15) is 5.82 Å². The van der Waals surface area contributed by atoms with Crippen LogP contribution in [-0.2, 0) is 4.74 Å². The van der Waals surface area contributed by atoms with Gasteiger partial charge in [0.2, 0.25) is 0 Å². The van der Waals surface area contributed by atoms with Crippen molar-refractivity contribution < 1.29 is 4.74 Å². The van der Waals surface area contributed by atoms with Gasteiger partial charge < -0.3 is 9.64 Å². The van der Waals surface area contributed by atoms with E-state index in [1.807, 2.05) is 24.4 Å². The SMILES string of the molecule is C[C@@H]1CN(c2ccccn2)C[C@H](C)O1. The minimum Gasteiger partial charge on any atom is -0.372 e. The summed E-state index contributed by atoms with van der Waals surface area (Å²) in [6, 6.07) is 6.01. The fourth-order valence-corrected chi connectivity index (χ4v) is 1.91. The molecule has 0 radical (unpaired) electrons. The zero-order valence-corrected chi connectivity index (χ0v) is 8.68. The molecule has 1 fully saturated rings. The van der Waals surface area contributed by atoms with Crippen molar-refractivity contribution in [2.24, 2.45) is 0 Å². The van der Waals surface area contributed by atoms with Gasteiger partial charge in [0.15, 0.2) is 0 Å². The van der Waals surface area contributed by atoms with E-state index in [2.05, 4.69) is 23.7 Å². The predicted molar refractivity (Wildman–Crippen MR) is 56.5 cm³/mol. The molecule has 0 bridgehead atoms. The zero-order chi connectivity index (χ0) is 9.97. The van der Waals surface area contributed by atoms with Gasteiger partial charge in [0.25, 0.3) is 0 Å². The lowest BCUT2D eigenvalue weighted by molar-refractivity contribution is -0.00545. The van der Waals surface area contributed by atoms with E-state index in [4.69, 9.17) is 4.74 Å². The molecule has 2 atom stereocenters. The van der Waals surface area contributed by atoms with E-state index in [1.165, 1.54) is 0 Å². The topological polar surface area (TPSA) is 25.4 Å². The first-order chi connectivity index (χ1) is 6.75. The van der Waals surface area contributed by atoms with Crippen LogP contribution in [0.1, 0.15) is 13.8 Å². The van der Waals surface area contributed by atoms with Crippen LogP contribution in [0.15, 0.2) is 24.4 Å². The monoisotopic (exact) mass is 192 g/mol. The Balaban J connectivity index is 2.11. The average Bonchev–Trinajstić information content (AvgIpc) is 2.18. The largest absolute Gasteiger partial charge is 0.372 e. The third kappa shape index (κ3) is 2.04. The molecule has 2 heterocycles. The second kappa shape index (κ2) is 3.96. The highest BCUT2D eigenvalue weighted by Gasteiger charge is 2.22. The van der Waals surface area contributed by atoms with Crippen molar-refractivity contribution in [2.75, 3.05) is 18.0 Å². The first-order valence-electron chi connectivity index (χ1n) is 5.07. The summed E-state index contributed by atoms with van der Waals surface area (Å²) < 4.78 is 5.67. The number of anilines is 1. The Hall–Kier alpha value is -1.09. The van der Waals surface area contributed by atoms with Crippen molar-refractivity contribution in [1.29, 1.82) is 0 Å². The first kappa shape index (κ1) is 9.46. The van der Waals surface area contributed by atoms with E-state index in [1.54, 1.807) is 0 Å². The van der Waals surface area contributed by atoms with Crippen LogP contribution in [-0.4, -0.2) is 30.3 Å². The van der Waals surface area contributed by atoms with Gasteiger partial charge in [-0.15, -0.1) is 0 Å². The number of hydrogen-bond donors (Lipinski definition) is 0. The maximum atomic E-state index is 5.67. The maximum absolute atomic E-state index is 5.67. The van der Waals surface area contributed by atoms with E-state index in [0.717, 1.165) is 18.9 Å². The number of nitrogens with zero attached hydrogens (tertiary/aromatic N) is 2. The Morgan fingerprint density at radius 2 is 2.00 bits per heavy atom. The number of morpholine rings is 1.